The molecule has 0 atom stereocenters. The molecule has 0 saturated heterocycles. The molecule has 0 bridgehead atoms. The van der Waals surface area contributed by atoms with E-state index in [1.807, 2.05) is 28.8 Å². The average Bonchev–Trinajstić information content (AvgIpc) is 2.74. The number of carbonyl (C=O) groups is 1. The predicted octanol–water partition coefficient (Wildman–Crippen LogP) is 2.76. The number of nitrogens with zero attached hydrogens (tertiary/aromatic N) is 1. The zero-order valence-electron chi connectivity index (χ0n) is 10.8. The normalized spacial score (nSPS) is 10.8. The Bertz CT molecular complexity index is 541. The van der Waals surface area contributed by atoms with Crippen LogP contribution in [-0.4, -0.2) is 10.5 Å². The lowest BCUT2D eigenvalue weighted by molar-refractivity contribution is 0.0991. The summed E-state index contributed by atoms with van der Waals surface area (Å²) in [5, 5.41) is 0. The fourth-order valence-electron chi connectivity index (χ4n) is 2.15. The van der Waals surface area contributed by atoms with Gasteiger partial charge >= 0.3 is 0 Å². The molecule has 1 aromatic carbocycles. The van der Waals surface area contributed by atoms with E-state index < -0.39 is 0 Å². The minimum Gasteiger partial charge on any atom is -0.364 e. The van der Waals surface area contributed by atoms with E-state index >= 15 is 0 Å². The van der Waals surface area contributed by atoms with Gasteiger partial charge in [-0.15, -0.1) is 0 Å². The zero-order chi connectivity index (χ0) is 13.1. The first kappa shape index (κ1) is 12.4. The van der Waals surface area contributed by atoms with Crippen molar-refractivity contribution in [2.45, 2.75) is 26.3 Å². The first-order valence-electron chi connectivity index (χ1n) is 6.12. The Labute approximate surface area is 107 Å². The quantitative estimate of drug-likeness (QED) is 0.880. The molecule has 0 aliphatic carbocycles. The summed E-state index contributed by atoms with van der Waals surface area (Å²) in [5.41, 5.74) is 8.29. The van der Waals surface area contributed by atoms with Crippen LogP contribution in [0.15, 0.2) is 42.5 Å². The summed E-state index contributed by atoms with van der Waals surface area (Å²) in [4.78, 5) is 11.4. The third kappa shape index (κ3) is 2.45. The van der Waals surface area contributed by atoms with Gasteiger partial charge in [-0.1, -0.05) is 44.2 Å². The number of rotatable bonds is 4. The second-order valence-electron chi connectivity index (χ2n) is 4.73. The number of nitrogens with two attached hydrogens (primary N) is 1. The SMILES string of the molecule is CC(C)c1ccc(C(N)=O)n1Cc1ccccc1. The molecule has 0 aliphatic heterocycles. The van der Waals surface area contributed by atoms with E-state index in [0.717, 1.165) is 11.3 Å². The number of hydrogen-bond acceptors (Lipinski definition) is 1. The Morgan fingerprint density at radius 3 is 2.39 bits per heavy atom. The van der Waals surface area contributed by atoms with Gasteiger partial charge in [0.25, 0.3) is 5.91 Å². The minimum atomic E-state index is -0.377. The second-order valence-corrected chi connectivity index (χ2v) is 4.73. The van der Waals surface area contributed by atoms with Crippen molar-refractivity contribution in [1.29, 1.82) is 0 Å². The topological polar surface area (TPSA) is 48.0 Å². The number of benzene rings is 1. The summed E-state index contributed by atoms with van der Waals surface area (Å²) in [6.07, 6.45) is 0. The number of aromatic nitrogens is 1. The Hall–Kier alpha value is -2.03. The first-order valence-corrected chi connectivity index (χ1v) is 6.12. The van der Waals surface area contributed by atoms with Crippen LogP contribution in [0.5, 0.6) is 0 Å². The molecule has 1 heterocycles. The highest BCUT2D eigenvalue weighted by Crippen LogP contribution is 2.20. The molecular formula is C15H18N2O. The monoisotopic (exact) mass is 242 g/mol. The third-order valence-corrected chi connectivity index (χ3v) is 3.04. The molecule has 2 N–H and O–H groups in total. The van der Waals surface area contributed by atoms with Crippen molar-refractivity contribution in [2.24, 2.45) is 5.73 Å². The zero-order valence-corrected chi connectivity index (χ0v) is 10.8. The standard InChI is InChI=1S/C15H18N2O/c1-11(2)13-8-9-14(15(16)18)17(13)10-12-6-4-3-5-7-12/h3-9,11H,10H2,1-2H3,(H2,16,18). The van der Waals surface area contributed by atoms with Gasteiger partial charge in [0.05, 0.1) is 0 Å². The van der Waals surface area contributed by atoms with E-state index in [0.29, 0.717) is 18.2 Å². The van der Waals surface area contributed by atoms with Gasteiger partial charge in [0.15, 0.2) is 0 Å². The molecule has 2 rings (SSSR count). The lowest BCUT2D eigenvalue weighted by Gasteiger charge is -2.14. The number of carbonyl (C=O) groups excluding carboxylic acids is 1. The summed E-state index contributed by atoms with van der Waals surface area (Å²) in [7, 11) is 0. The highest BCUT2D eigenvalue weighted by atomic mass is 16.1. The maximum atomic E-state index is 11.4. The minimum absolute atomic E-state index is 0.363. The Morgan fingerprint density at radius 1 is 1.17 bits per heavy atom. The summed E-state index contributed by atoms with van der Waals surface area (Å²) in [5.74, 6) is -0.0142. The molecule has 0 fully saturated rings. The van der Waals surface area contributed by atoms with E-state index in [4.69, 9.17) is 5.73 Å². The summed E-state index contributed by atoms with van der Waals surface area (Å²) < 4.78 is 2.00. The average molecular weight is 242 g/mol. The number of hydrogen-bond donors (Lipinski definition) is 1. The molecule has 3 nitrogen and oxygen atoms in total. The molecule has 18 heavy (non-hydrogen) atoms. The van der Waals surface area contributed by atoms with Crippen molar-refractivity contribution in [1.82, 2.24) is 4.57 Å². The van der Waals surface area contributed by atoms with Crippen molar-refractivity contribution in [3.8, 4) is 0 Å². The smallest absolute Gasteiger partial charge is 0.265 e. The molecule has 0 unspecified atom stereocenters. The van der Waals surface area contributed by atoms with Gasteiger partial charge in [0.2, 0.25) is 0 Å². The molecule has 0 aliphatic rings. The van der Waals surface area contributed by atoms with Crippen LogP contribution in [-0.2, 0) is 6.54 Å². The second kappa shape index (κ2) is 5.08. The molecular weight excluding hydrogens is 224 g/mol. The Kier molecular flexibility index (Phi) is 3.51. The third-order valence-electron chi connectivity index (χ3n) is 3.04. The Balaban J connectivity index is 2.41. The van der Waals surface area contributed by atoms with E-state index in [9.17, 15) is 4.79 Å². The Morgan fingerprint density at radius 2 is 1.83 bits per heavy atom. The van der Waals surface area contributed by atoms with Crippen molar-refractivity contribution < 1.29 is 4.79 Å². The van der Waals surface area contributed by atoms with E-state index in [2.05, 4.69) is 26.0 Å². The molecule has 0 saturated carbocycles. The fourth-order valence-corrected chi connectivity index (χ4v) is 2.15. The summed E-state index contributed by atoms with van der Waals surface area (Å²) in [6, 6.07) is 13.9. The maximum Gasteiger partial charge on any atom is 0.265 e. The highest BCUT2D eigenvalue weighted by molar-refractivity contribution is 5.91. The van der Waals surface area contributed by atoms with Gasteiger partial charge in [-0.3, -0.25) is 4.79 Å². The maximum absolute atomic E-state index is 11.4. The van der Waals surface area contributed by atoms with Crippen LogP contribution in [0.3, 0.4) is 0 Å². The molecule has 2 aromatic rings. The van der Waals surface area contributed by atoms with Gasteiger partial charge in [-0.25, -0.2) is 0 Å². The van der Waals surface area contributed by atoms with Gasteiger partial charge in [0.1, 0.15) is 5.69 Å². The molecule has 94 valence electrons. The van der Waals surface area contributed by atoms with Gasteiger partial charge in [-0.05, 0) is 23.6 Å². The van der Waals surface area contributed by atoms with Crippen LogP contribution in [0.4, 0.5) is 0 Å². The van der Waals surface area contributed by atoms with Crippen molar-refractivity contribution in [3.63, 3.8) is 0 Å². The lowest BCUT2D eigenvalue weighted by Crippen LogP contribution is -2.19. The number of primary amides is 1. The van der Waals surface area contributed by atoms with E-state index in [1.54, 1.807) is 6.07 Å². The van der Waals surface area contributed by atoms with Gasteiger partial charge < -0.3 is 10.3 Å². The molecule has 0 radical (unpaired) electrons. The largest absolute Gasteiger partial charge is 0.364 e. The lowest BCUT2D eigenvalue weighted by atomic mass is 10.1. The van der Waals surface area contributed by atoms with Gasteiger partial charge in [0, 0.05) is 12.2 Å². The molecule has 0 spiro atoms. The van der Waals surface area contributed by atoms with E-state index in [-0.39, 0.29) is 5.91 Å². The van der Waals surface area contributed by atoms with E-state index in [1.165, 1.54) is 0 Å². The van der Waals surface area contributed by atoms with Crippen molar-refractivity contribution in [2.75, 3.05) is 0 Å². The molecule has 3 heteroatoms. The number of amides is 1. The van der Waals surface area contributed by atoms with Crippen LogP contribution >= 0.6 is 0 Å². The predicted molar refractivity (Wildman–Crippen MR) is 72.6 cm³/mol. The molecule has 1 aromatic heterocycles. The van der Waals surface area contributed by atoms with Crippen LogP contribution < -0.4 is 5.73 Å². The fraction of sp³-hybridized carbons (Fsp3) is 0.267. The summed E-state index contributed by atoms with van der Waals surface area (Å²) in [6.45, 7) is 4.91. The van der Waals surface area contributed by atoms with Crippen molar-refractivity contribution >= 4 is 5.91 Å². The van der Waals surface area contributed by atoms with Crippen LogP contribution in [0.25, 0.3) is 0 Å². The van der Waals surface area contributed by atoms with Crippen LogP contribution in [0.2, 0.25) is 0 Å². The first-order chi connectivity index (χ1) is 8.59. The van der Waals surface area contributed by atoms with Gasteiger partial charge in [-0.2, -0.15) is 0 Å². The molecule has 1 amide bonds. The van der Waals surface area contributed by atoms with Crippen LogP contribution in [0, 0.1) is 0 Å². The van der Waals surface area contributed by atoms with Crippen LogP contribution in [0.1, 0.15) is 41.5 Å². The van der Waals surface area contributed by atoms with Crippen molar-refractivity contribution in [3.05, 3.63) is 59.4 Å². The highest BCUT2D eigenvalue weighted by Gasteiger charge is 2.14. The summed E-state index contributed by atoms with van der Waals surface area (Å²) >= 11 is 0.